The molecule has 20 heavy (non-hydrogen) atoms. The summed E-state index contributed by atoms with van der Waals surface area (Å²) in [4.78, 5) is 5.35. The molecule has 2 fully saturated rings. The molecule has 3 atom stereocenters. The molecule has 0 radical (unpaired) electrons. The third-order valence-electron chi connectivity index (χ3n) is 6.02. The molecular formula is C17H35N3. The summed E-state index contributed by atoms with van der Waals surface area (Å²) in [5, 5.41) is 0. The molecule has 0 bridgehead atoms. The Hall–Kier alpha value is -0.120. The van der Waals surface area contributed by atoms with E-state index in [4.69, 9.17) is 5.73 Å². The van der Waals surface area contributed by atoms with Gasteiger partial charge in [0.15, 0.2) is 0 Å². The van der Waals surface area contributed by atoms with Crippen molar-refractivity contribution in [3.8, 4) is 0 Å². The van der Waals surface area contributed by atoms with Gasteiger partial charge in [-0.1, -0.05) is 33.6 Å². The van der Waals surface area contributed by atoms with Crippen molar-refractivity contribution in [2.24, 2.45) is 17.6 Å². The highest BCUT2D eigenvalue weighted by molar-refractivity contribution is 4.99. The zero-order valence-corrected chi connectivity index (χ0v) is 14.1. The molecule has 2 rings (SSSR count). The first kappa shape index (κ1) is 16.3. The lowest BCUT2D eigenvalue weighted by Crippen LogP contribution is -2.64. The lowest BCUT2D eigenvalue weighted by Gasteiger charge is -2.53. The summed E-state index contributed by atoms with van der Waals surface area (Å²) < 4.78 is 0. The Balaban J connectivity index is 2.07. The second-order valence-corrected chi connectivity index (χ2v) is 7.45. The summed E-state index contributed by atoms with van der Waals surface area (Å²) in [5.74, 6) is 1.67. The minimum atomic E-state index is 0.293. The van der Waals surface area contributed by atoms with Gasteiger partial charge in [0, 0.05) is 37.8 Å². The monoisotopic (exact) mass is 281 g/mol. The Morgan fingerprint density at radius 1 is 1.30 bits per heavy atom. The smallest absolute Gasteiger partial charge is 0.0335 e. The van der Waals surface area contributed by atoms with Gasteiger partial charge in [-0.05, 0) is 38.1 Å². The summed E-state index contributed by atoms with van der Waals surface area (Å²) in [6.07, 6.45) is 5.40. The minimum Gasteiger partial charge on any atom is -0.329 e. The molecule has 2 N–H and O–H groups in total. The van der Waals surface area contributed by atoms with Crippen LogP contribution in [0.25, 0.3) is 0 Å². The summed E-state index contributed by atoms with van der Waals surface area (Å²) in [7, 11) is 0. The van der Waals surface area contributed by atoms with E-state index in [0.717, 1.165) is 18.4 Å². The van der Waals surface area contributed by atoms with Gasteiger partial charge in [0.05, 0.1) is 0 Å². The Morgan fingerprint density at radius 3 is 2.60 bits per heavy atom. The van der Waals surface area contributed by atoms with E-state index in [1.165, 1.54) is 51.9 Å². The van der Waals surface area contributed by atoms with Crippen LogP contribution in [0.15, 0.2) is 0 Å². The molecule has 1 saturated heterocycles. The number of rotatable bonds is 4. The van der Waals surface area contributed by atoms with Gasteiger partial charge in [-0.15, -0.1) is 0 Å². The van der Waals surface area contributed by atoms with Crippen molar-refractivity contribution in [2.75, 3.05) is 32.7 Å². The molecule has 0 aromatic carbocycles. The molecule has 0 spiro atoms. The van der Waals surface area contributed by atoms with Crippen LogP contribution in [0.5, 0.6) is 0 Å². The highest BCUT2D eigenvalue weighted by Crippen LogP contribution is 2.40. The van der Waals surface area contributed by atoms with Crippen molar-refractivity contribution in [1.29, 1.82) is 0 Å². The van der Waals surface area contributed by atoms with Gasteiger partial charge in [-0.3, -0.25) is 9.80 Å². The molecule has 3 nitrogen and oxygen atoms in total. The van der Waals surface area contributed by atoms with Crippen molar-refractivity contribution < 1.29 is 0 Å². The van der Waals surface area contributed by atoms with Crippen molar-refractivity contribution in [1.82, 2.24) is 9.80 Å². The standard InChI is InChI=1S/C17H35N3/c1-5-19-9-10-20(12-15(19)4)17(13-18)8-6-7-16(11-17)14(2)3/h14-16H,5-13,18H2,1-4H3. The number of piperazine rings is 1. The van der Waals surface area contributed by atoms with Crippen LogP contribution in [0.4, 0.5) is 0 Å². The lowest BCUT2D eigenvalue weighted by molar-refractivity contribution is -0.0253. The number of hydrogen-bond donors (Lipinski definition) is 1. The number of hydrogen-bond acceptors (Lipinski definition) is 3. The molecule has 2 aliphatic rings. The fourth-order valence-corrected chi connectivity index (χ4v) is 4.45. The van der Waals surface area contributed by atoms with Crippen LogP contribution in [0.1, 0.15) is 53.4 Å². The molecule has 1 heterocycles. The maximum Gasteiger partial charge on any atom is 0.0335 e. The van der Waals surface area contributed by atoms with Crippen LogP contribution in [0.3, 0.4) is 0 Å². The van der Waals surface area contributed by atoms with E-state index < -0.39 is 0 Å². The van der Waals surface area contributed by atoms with Gasteiger partial charge in [0.1, 0.15) is 0 Å². The average molecular weight is 281 g/mol. The van der Waals surface area contributed by atoms with Crippen molar-refractivity contribution in [2.45, 2.75) is 65.0 Å². The fraction of sp³-hybridized carbons (Fsp3) is 1.00. The van der Waals surface area contributed by atoms with E-state index in [1.807, 2.05) is 0 Å². The molecule has 118 valence electrons. The quantitative estimate of drug-likeness (QED) is 0.859. The summed E-state index contributed by atoms with van der Waals surface area (Å²) in [6, 6.07) is 0.677. The lowest BCUT2D eigenvalue weighted by atomic mass is 9.70. The van der Waals surface area contributed by atoms with E-state index in [9.17, 15) is 0 Å². The summed E-state index contributed by atoms with van der Waals surface area (Å²) in [6.45, 7) is 15.1. The van der Waals surface area contributed by atoms with Crippen molar-refractivity contribution >= 4 is 0 Å². The molecule has 0 aromatic rings. The molecule has 0 amide bonds. The molecule has 1 aliphatic carbocycles. The second-order valence-electron chi connectivity index (χ2n) is 7.45. The van der Waals surface area contributed by atoms with Crippen LogP contribution < -0.4 is 5.73 Å². The fourth-order valence-electron chi connectivity index (χ4n) is 4.45. The number of nitrogens with two attached hydrogens (primary N) is 1. The Labute approximate surface area is 125 Å². The van der Waals surface area contributed by atoms with Crippen LogP contribution >= 0.6 is 0 Å². The van der Waals surface area contributed by atoms with Crippen LogP contribution in [-0.2, 0) is 0 Å². The van der Waals surface area contributed by atoms with E-state index >= 15 is 0 Å². The van der Waals surface area contributed by atoms with Crippen LogP contribution in [-0.4, -0.2) is 54.1 Å². The normalized spacial score (nSPS) is 37.5. The Bertz CT molecular complexity index is 305. The highest BCUT2D eigenvalue weighted by Gasteiger charge is 2.42. The SMILES string of the molecule is CCN1CCN(C2(CN)CCCC(C(C)C)C2)CC1C. The average Bonchev–Trinajstić information content (AvgIpc) is 2.47. The third kappa shape index (κ3) is 3.20. The highest BCUT2D eigenvalue weighted by atomic mass is 15.3. The van der Waals surface area contributed by atoms with E-state index in [0.29, 0.717) is 11.6 Å². The predicted octanol–water partition coefficient (Wildman–Crippen LogP) is 2.56. The Kier molecular flexibility index (Phi) is 5.49. The van der Waals surface area contributed by atoms with Gasteiger partial charge >= 0.3 is 0 Å². The molecular weight excluding hydrogens is 246 g/mol. The molecule has 1 aliphatic heterocycles. The first-order valence-electron chi connectivity index (χ1n) is 8.71. The van der Waals surface area contributed by atoms with Crippen LogP contribution in [0, 0.1) is 11.8 Å². The molecule has 1 saturated carbocycles. The first-order valence-corrected chi connectivity index (χ1v) is 8.71. The van der Waals surface area contributed by atoms with E-state index in [1.54, 1.807) is 0 Å². The minimum absolute atomic E-state index is 0.293. The van der Waals surface area contributed by atoms with Gasteiger partial charge in [0.2, 0.25) is 0 Å². The number of likely N-dealkylation sites (N-methyl/N-ethyl adjacent to an activating group) is 1. The zero-order chi connectivity index (χ0) is 14.8. The van der Waals surface area contributed by atoms with Crippen molar-refractivity contribution in [3.05, 3.63) is 0 Å². The van der Waals surface area contributed by atoms with Gasteiger partial charge < -0.3 is 5.73 Å². The maximum absolute atomic E-state index is 6.29. The zero-order valence-electron chi connectivity index (χ0n) is 14.1. The predicted molar refractivity (Wildman–Crippen MR) is 86.9 cm³/mol. The molecule has 3 unspecified atom stereocenters. The van der Waals surface area contributed by atoms with E-state index in [2.05, 4.69) is 37.5 Å². The topological polar surface area (TPSA) is 32.5 Å². The van der Waals surface area contributed by atoms with Gasteiger partial charge in [0.25, 0.3) is 0 Å². The van der Waals surface area contributed by atoms with Crippen LogP contribution in [0.2, 0.25) is 0 Å². The maximum atomic E-state index is 6.29. The summed E-state index contributed by atoms with van der Waals surface area (Å²) >= 11 is 0. The Morgan fingerprint density at radius 2 is 2.05 bits per heavy atom. The van der Waals surface area contributed by atoms with Crippen molar-refractivity contribution in [3.63, 3.8) is 0 Å². The molecule has 3 heteroatoms. The van der Waals surface area contributed by atoms with Gasteiger partial charge in [-0.2, -0.15) is 0 Å². The largest absolute Gasteiger partial charge is 0.329 e. The van der Waals surface area contributed by atoms with Gasteiger partial charge in [-0.25, -0.2) is 0 Å². The van der Waals surface area contributed by atoms with E-state index in [-0.39, 0.29) is 0 Å². The number of nitrogens with zero attached hydrogens (tertiary/aromatic N) is 2. The molecule has 0 aromatic heterocycles. The first-order chi connectivity index (χ1) is 9.52. The summed E-state index contributed by atoms with van der Waals surface area (Å²) in [5.41, 5.74) is 6.58. The third-order valence-corrected chi connectivity index (χ3v) is 6.02. The second kappa shape index (κ2) is 6.76.